The molecule has 0 unspecified atom stereocenters. The average Bonchev–Trinajstić information content (AvgIpc) is 2.47. The lowest BCUT2D eigenvalue weighted by atomic mass is 10.1. The van der Waals surface area contributed by atoms with Crippen molar-refractivity contribution >= 4 is 17.7 Å². The van der Waals surface area contributed by atoms with Crippen LogP contribution in [0.15, 0.2) is 12.1 Å². The van der Waals surface area contributed by atoms with Gasteiger partial charge in [0.2, 0.25) is 5.91 Å². The monoisotopic (exact) mass is 291 g/mol. The van der Waals surface area contributed by atoms with Crippen LogP contribution in [0.2, 0.25) is 0 Å². The van der Waals surface area contributed by atoms with Gasteiger partial charge < -0.3 is 14.9 Å². The third-order valence-electron chi connectivity index (χ3n) is 3.67. The fourth-order valence-corrected chi connectivity index (χ4v) is 2.49. The van der Waals surface area contributed by atoms with Crippen molar-refractivity contribution in [3.05, 3.63) is 23.4 Å². The maximum atomic E-state index is 11.3. The van der Waals surface area contributed by atoms with Gasteiger partial charge in [-0.3, -0.25) is 4.79 Å². The van der Waals surface area contributed by atoms with Crippen molar-refractivity contribution in [2.24, 2.45) is 0 Å². The van der Waals surface area contributed by atoms with E-state index in [0.717, 1.165) is 18.5 Å². The van der Waals surface area contributed by atoms with E-state index in [1.165, 1.54) is 0 Å². The van der Waals surface area contributed by atoms with Gasteiger partial charge in [0.15, 0.2) is 0 Å². The fraction of sp³-hybridized carbons (Fsp3) is 0.533. The quantitative estimate of drug-likeness (QED) is 0.907. The van der Waals surface area contributed by atoms with E-state index in [1.54, 1.807) is 24.0 Å². The summed E-state index contributed by atoms with van der Waals surface area (Å²) in [6.07, 6.45) is 1.69. The van der Waals surface area contributed by atoms with Crippen LogP contribution in [-0.4, -0.2) is 53.0 Å². The van der Waals surface area contributed by atoms with Crippen LogP contribution in [0.1, 0.15) is 36.3 Å². The van der Waals surface area contributed by atoms with Gasteiger partial charge in [-0.1, -0.05) is 13.3 Å². The molecule has 114 valence electrons. The molecule has 1 N–H and O–H groups in total. The molecule has 21 heavy (non-hydrogen) atoms. The lowest BCUT2D eigenvalue weighted by molar-refractivity contribution is -0.129. The molecular weight excluding hydrogens is 270 g/mol. The first kappa shape index (κ1) is 15.3. The molecule has 1 aliphatic rings. The number of piperazine rings is 1. The number of rotatable bonds is 4. The number of aromatic carboxylic acids is 1. The number of anilines is 1. The molecule has 0 spiro atoms. The number of hydrogen-bond acceptors (Lipinski definition) is 4. The van der Waals surface area contributed by atoms with E-state index in [1.807, 2.05) is 11.8 Å². The first-order valence-corrected chi connectivity index (χ1v) is 7.26. The van der Waals surface area contributed by atoms with Crippen molar-refractivity contribution in [2.75, 3.05) is 31.1 Å². The fourth-order valence-electron chi connectivity index (χ4n) is 2.49. The molecule has 0 aliphatic carbocycles. The maximum absolute atomic E-state index is 11.3. The molecule has 1 aromatic rings. The highest BCUT2D eigenvalue weighted by atomic mass is 16.4. The van der Waals surface area contributed by atoms with Gasteiger partial charge in [-0.15, -0.1) is 0 Å². The molecule has 1 aromatic heterocycles. The molecular formula is C15H21N3O3. The first-order chi connectivity index (χ1) is 10.0. The van der Waals surface area contributed by atoms with Crippen molar-refractivity contribution in [1.29, 1.82) is 0 Å². The third-order valence-corrected chi connectivity index (χ3v) is 3.67. The van der Waals surface area contributed by atoms with Gasteiger partial charge in [-0.2, -0.15) is 0 Å². The second kappa shape index (κ2) is 6.56. The van der Waals surface area contributed by atoms with Gasteiger partial charge in [0, 0.05) is 38.8 Å². The summed E-state index contributed by atoms with van der Waals surface area (Å²) in [6, 6.07) is 3.26. The van der Waals surface area contributed by atoms with Crippen LogP contribution in [0.3, 0.4) is 0 Å². The van der Waals surface area contributed by atoms with E-state index in [0.29, 0.717) is 32.0 Å². The van der Waals surface area contributed by atoms with Crippen molar-refractivity contribution in [1.82, 2.24) is 9.88 Å². The minimum absolute atomic E-state index is 0.0774. The second-order valence-corrected chi connectivity index (χ2v) is 5.25. The van der Waals surface area contributed by atoms with Gasteiger partial charge in [-0.05, 0) is 18.6 Å². The minimum atomic E-state index is -0.932. The number of carboxylic acids is 1. The predicted molar refractivity (Wildman–Crippen MR) is 79.7 cm³/mol. The Hall–Kier alpha value is -2.11. The van der Waals surface area contributed by atoms with Crippen LogP contribution in [0.25, 0.3) is 0 Å². The zero-order valence-corrected chi connectivity index (χ0v) is 12.5. The molecule has 0 saturated carbocycles. The normalized spacial score (nSPS) is 15.1. The van der Waals surface area contributed by atoms with Gasteiger partial charge >= 0.3 is 5.97 Å². The molecule has 2 rings (SSSR count). The summed E-state index contributed by atoms with van der Waals surface area (Å²) in [6.45, 7) is 6.27. The van der Waals surface area contributed by atoms with Crippen molar-refractivity contribution in [3.63, 3.8) is 0 Å². The maximum Gasteiger partial charge on any atom is 0.335 e. The third kappa shape index (κ3) is 3.71. The largest absolute Gasteiger partial charge is 0.478 e. The average molecular weight is 291 g/mol. The lowest BCUT2D eigenvalue weighted by Crippen LogP contribution is -2.48. The number of pyridine rings is 1. The molecule has 0 bridgehead atoms. The van der Waals surface area contributed by atoms with E-state index >= 15 is 0 Å². The van der Waals surface area contributed by atoms with Gasteiger partial charge in [0.1, 0.15) is 5.82 Å². The Morgan fingerprint density at radius 1 is 1.24 bits per heavy atom. The van der Waals surface area contributed by atoms with Gasteiger partial charge in [0.25, 0.3) is 0 Å². The van der Waals surface area contributed by atoms with Crippen LogP contribution in [0.4, 0.5) is 5.82 Å². The van der Waals surface area contributed by atoms with E-state index < -0.39 is 5.97 Å². The Labute approximate surface area is 124 Å². The van der Waals surface area contributed by atoms with Crippen LogP contribution >= 0.6 is 0 Å². The van der Waals surface area contributed by atoms with Crippen LogP contribution < -0.4 is 4.90 Å². The number of aryl methyl sites for hydroxylation is 1. The van der Waals surface area contributed by atoms with Crippen molar-refractivity contribution < 1.29 is 14.7 Å². The zero-order chi connectivity index (χ0) is 15.4. The molecule has 0 aromatic carbocycles. The number of amides is 1. The van der Waals surface area contributed by atoms with Crippen molar-refractivity contribution in [2.45, 2.75) is 26.7 Å². The Bertz CT molecular complexity index is 537. The van der Waals surface area contributed by atoms with Crippen LogP contribution in [0, 0.1) is 0 Å². The molecule has 1 aliphatic heterocycles. The number of hydrogen-bond donors (Lipinski definition) is 1. The summed E-state index contributed by atoms with van der Waals surface area (Å²) in [4.78, 5) is 31.0. The molecule has 0 atom stereocenters. The molecule has 1 fully saturated rings. The van der Waals surface area contributed by atoms with Gasteiger partial charge in [0.05, 0.1) is 5.56 Å². The topological polar surface area (TPSA) is 73.7 Å². The lowest BCUT2D eigenvalue weighted by Gasteiger charge is -2.35. The smallest absolute Gasteiger partial charge is 0.335 e. The zero-order valence-electron chi connectivity index (χ0n) is 12.5. The highest BCUT2D eigenvalue weighted by Gasteiger charge is 2.21. The standard InChI is InChI=1S/C15H21N3O3/c1-3-4-13-9-12(15(20)21)10-14(16-13)18-7-5-17(6-8-18)11(2)19/h9-10H,3-8H2,1-2H3,(H,20,21). The van der Waals surface area contributed by atoms with E-state index in [2.05, 4.69) is 4.98 Å². The Morgan fingerprint density at radius 2 is 1.90 bits per heavy atom. The summed E-state index contributed by atoms with van der Waals surface area (Å²) >= 11 is 0. The number of nitrogens with zero attached hydrogens (tertiary/aromatic N) is 3. The molecule has 6 nitrogen and oxygen atoms in total. The number of carboxylic acid groups (broad SMARTS) is 1. The summed E-state index contributed by atoms with van der Waals surface area (Å²) in [5.74, 6) is -0.159. The Balaban J connectivity index is 2.19. The number of carbonyl (C=O) groups is 2. The highest BCUT2D eigenvalue weighted by Crippen LogP contribution is 2.18. The Morgan fingerprint density at radius 3 is 2.43 bits per heavy atom. The molecule has 1 saturated heterocycles. The number of aromatic nitrogens is 1. The molecule has 2 heterocycles. The summed E-state index contributed by atoms with van der Waals surface area (Å²) in [5, 5.41) is 9.22. The Kier molecular flexibility index (Phi) is 4.77. The van der Waals surface area contributed by atoms with E-state index in [4.69, 9.17) is 0 Å². The summed E-state index contributed by atoms with van der Waals surface area (Å²) in [7, 11) is 0. The summed E-state index contributed by atoms with van der Waals surface area (Å²) < 4.78 is 0. The molecule has 0 radical (unpaired) electrons. The predicted octanol–water partition coefficient (Wildman–Crippen LogP) is 1.40. The van der Waals surface area contributed by atoms with Crippen LogP contribution in [-0.2, 0) is 11.2 Å². The van der Waals surface area contributed by atoms with E-state index in [-0.39, 0.29) is 11.5 Å². The minimum Gasteiger partial charge on any atom is -0.478 e. The number of carbonyl (C=O) groups excluding carboxylic acids is 1. The highest BCUT2D eigenvalue weighted by molar-refractivity contribution is 5.88. The van der Waals surface area contributed by atoms with Crippen LogP contribution in [0.5, 0.6) is 0 Å². The molecule has 6 heteroatoms. The first-order valence-electron chi connectivity index (χ1n) is 7.26. The summed E-state index contributed by atoms with van der Waals surface area (Å²) in [5.41, 5.74) is 1.08. The van der Waals surface area contributed by atoms with E-state index in [9.17, 15) is 14.7 Å². The second-order valence-electron chi connectivity index (χ2n) is 5.25. The SMILES string of the molecule is CCCc1cc(C(=O)O)cc(N2CCN(C(C)=O)CC2)n1. The van der Waals surface area contributed by atoms with Crippen molar-refractivity contribution in [3.8, 4) is 0 Å². The van der Waals surface area contributed by atoms with Gasteiger partial charge in [-0.25, -0.2) is 9.78 Å². The molecule has 1 amide bonds.